The molecule has 4 heteroatoms. The largest absolute Gasteiger partial charge is 0.481 e. The molecule has 1 aliphatic carbocycles. The summed E-state index contributed by atoms with van der Waals surface area (Å²) in [6.07, 6.45) is 3.04. The van der Waals surface area contributed by atoms with Crippen LogP contribution in [0.5, 0.6) is 0 Å². The molecule has 1 saturated heterocycles. The molecule has 1 aromatic carbocycles. The van der Waals surface area contributed by atoms with Gasteiger partial charge in [0.2, 0.25) is 0 Å². The average molecular weight is 289 g/mol. The minimum absolute atomic E-state index is 0.591. The van der Waals surface area contributed by atoms with Gasteiger partial charge in [0, 0.05) is 13.1 Å². The van der Waals surface area contributed by atoms with E-state index in [1.54, 1.807) is 0 Å². The number of ether oxygens (including phenoxy) is 1. The second-order valence-corrected chi connectivity index (χ2v) is 6.23. The summed E-state index contributed by atoms with van der Waals surface area (Å²) < 4.78 is 5.35. The summed E-state index contributed by atoms with van der Waals surface area (Å²) in [7, 11) is 0. The zero-order valence-electron chi connectivity index (χ0n) is 12.4. The molecule has 1 unspecified atom stereocenters. The first kappa shape index (κ1) is 14.5. The van der Waals surface area contributed by atoms with Crippen molar-refractivity contribution in [1.82, 2.24) is 4.90 Å². The van der Waals surface area contributed by atoms with Gasteiger partial charge in [0.05, 0.1) is 18.6 Å². The van der Waals surface area contributed by atoms with Crippen molar-refractivity contribution < 1.29 is 14.6 Å². The van der Waals surface area contributed by atoms with Crippen LogP contribution < -0.4 is 0 Å². The van der Waals surface area contributed by atoms with E-state index in [0.29, 0.717) is 6.42 Å². The Labute approximate surface area is 125 Å². The number of hydrogen-bond donors (Lipinski definition) is 1. The number of morpholine rings is 1. The van der Waals surface area contributed by atoms with Gasteiger partial charge in [-0.1, -0.05) is 24.3 Å². The lowest BCUT2D eigenvalue weighted by molar-refractivity contribution is -0.150. The topological polar surface area (TPSA) is 49.8 Å². The number of fused-ring (bicyclic) bond motifs is 1. The van der Waals surface area contributed by atoms with Crippen molar-refractivity contribution in [3.8, 4) is 0 Å². The number of aryl methyl sites for hydroxylation is 1. The van der Waals surface area contributed by atoms with Gasteiger partial charge in [0.15, 0.2) is 0 Å². The monoisotopic (exact) mass is 289 g/mol. The van der Waals surface area contributed by atoms with E-state index in [-0.39, 0.29) is 0 Å². The summed E-state index contributed by atoms with van der Waals surface area (Å²) in [5, 5.41) is 9.80. The van der Waals surface area contributed by atoms with Crippen LogP contribution in [0.25, 0.3) is 0 Å². The van der Waals surface area contributed by atoms with Gasteiger partial charge >= 0.3 is 5.97 Å². The lowest BCUT2D eigenvalue weighted by atomic mass is 9.69. The molecule has 1 aliphatic heterocycles. The van der Waals surface area contributed by atoms with Crippen LogP contribution in [-0.4, -0.2) is 48.8 Å². The molecule has 1 N–H and O–H groups in total. The number of hydrogen-bond acceptors (Lipinski definition) is 3. The highest BCUT2D eigenvalue weighted by atomic mass is 16.5. The van der Waals surface area contributed by atoms with E-state index in [0.717, 1.165) is 52.1 Å². The third-order valence-electron chi connectivity index (χ3n) is 4.98. The normalized spacial score (nSPS) is 26.3. The van der Waals surface area contributed by atoms with Crippen molar-refractivity contribution in [1.29, 1.82) is 0 Å². The van der Waals surface area contributed by atoms with Gasteiger partial charge in [-0.05, 0) is 43.4 Å². The maximum atomic E-state index is 11.9. The minimum atomic E-state index is -0.634. The molecule has 0 radical (unpaired) electrons. The molecule has 21 heavy (non-hydrogen) atoms. The van der Waals surface area contributed by atoms with E-state index in [1.165, 1.54) is 11.1 Å². The molecule has 4 nitrogen and oxygen atoms in total. The Kier molecular flexibility index (Phi) is 4.27. The van der Waals surface area contributed by atoms with Gasteiger partial charge in [-0.3, -0.25) is 9.69 Å². The molecule has 1 fully saturated rings. The van der Waals surface area contributed by atoms with Crippen LogP contribution >= 0.6 is 0 Å². The first-order chi connectivity index (χ1) is 10.2. The fourth-order valence-electron chi connectivity index (χ4n) is 3.50. The summed E-state index contributed by atoms with van der Waals surface area (Å²) in [6, 6.07) is 8.27. The number of nitrogens with zero attached hydrogens (tertiary/aromatic N) is 1. The zero-order chi connectivity index (χ0) is 14.7. The van der Waals surface area contributed by atoms with E-state index in [4.69, 9.17) is 4.74 Å². The van der Waals surface area contributed by atoms with Crippen LogP contribution in [0.4, 0.5) is 0 Å². The van der Waals surface area contributed by atoms with Gasteiger partial charge in [0.25, 0.3) is 0 Å². The van der Waals surface area contributed by atoms with Gasteiger partial charge in [-0.25, -0.2) is 0 Å². The van der Waals surface area contributed by atoms with Crippen molar-refractivity contribution in [3.05, 3.63) is 35.4 Å². The third kappa shape index (κ3) is 3.11. The SMILES string of the molecule is O=C(O)C1(CCN2CCOCC2)CCc2ccccc2C1. The van der Waals surface area contributed by atoms with E-state index in [2.05, 4.69) is 17.0 Å². The molecule has 3 rings (SSSR count). The molecule has 1 heterocycles. The van der Waals surface area contributed by atoms with E-state index >= 15 is 0 Å². The number of benzene rings is 1. The molecule has 0 spiro atoms. The van der Waals surface area contributed by atoms with Crippen molar-refractivity contribution in [3.63, 3.8) is 0 Å². The number of carbonyl (C=O) groups is 1. The fourth-order valence-corrected chi connectivity index (χ4v) is 3.50. The smallest absolute Gasteiger partial charge is 0.310 e. The maximum Gasteiger partial charge on any atom is 0.310 e. The van der Waals surface area contributed by atoms with Crippen LogP contribution in [0, 0.1) is 5.41 Å². The second kappa shape index (κ2) is 6.16. The molecule has 0 amide bonds. The number of carboxylic acid groups (broad SMARTS) is 1. The molecule has 114 valence electrons. The highest BCUT2D eigenvalue weighted by Crippen LogP contribution is 2.39. The van der Waals surface area contributed by atoms with Crippen LogP contribution in [0.3, 0.4) is 0 Å². The van der Waals surface area contributed by atoms with Crippen molar-refractivity contribution in [2.45, 2.75) is 25.7 Å². The van der Waals surface area contributed by atoms with Crippen LogP contribution in [0.2, 0.25) is 0 Å². The Balaban J connectivity index is 1.70. The number of carboxylic acids is 1. The Bertz CT molecular complexity index is 511. The first-order valence-corrected chi connectivity index (χ1v) is 7.80. The molecule has 2 aliphatic rings. The Hall–Kier alpha value is -1.39. The van der Waals surface area contributed by atoms with Gasteiger partial charge < -0.3 is 9.84 Å². The fraction of sp³-hybridized carbons (Fsp3) is 0.588. The van der Waals surface area contributed by atoms with Crippen LogP contribution in [0.15, 0.2) is 24.3 Å². The zero-order valence-corrected chi connectivity index (χ0v) is 12.4. The van der Waals surface area contributed by atoms with Crippen molar-refractivity contribution in [2.24, 2.45) is 5.41 Å². The molecular weight excluding hydrogens is 266 g/mol. The quantitative estimate of drug-likeness (QED) is 0.920. The maximum absolute atomic E-state index is 11.9. The van der Waals surface area contributed by atoms with Crippen molar-refractivity contribution in [2.75, 3.05) is 32.8 Å². The predicted molar refractivity (Wildman–Crippen MR) is 80.4 cm³/mol. The Morgan fingerprint density at radius 3 is 2.67 bits per heavy atom. The summed E-state index contributed by atoms with van der Waals surface area (Å²) in [5.74, 6) is -0.634. The average Bonchev–Trinajstić information content (AvgIpc) is 2.53. The first-order valence-electron chi connectivity index (χ1n) is 7.80. The predicted octanol–water partition coefficient (Wildman–Crippen LogP) is 1.97. The lowest BCUT2D eigenvalue weighted by Crippen LogP contribution is -2.43. The molecule has 0 saturated carbocycles. The number of aliphatic carboxylic acids is 1. The molecule has 1 atom stereocenters. The van der Waals surface area contributed by atoms with E-state index < -0.39 is 11.4 Å². The van der Waals surface area contributed by atoms with Crippen LogP contribution in [-0.2, 0) is 22.4 Å². The summed E-state index contributed by atoms with van der Waals surface area (Å²) >= 11 is 0. The molecule has 0 bridgehead atoms. The third-order valence-corrected chi connectivity index (χ3v) is 4.98. The molecule has 1 aromatic rings. The standard InChI is InChI=1S/C17H23NO3/c19-16(20)17(7-8-18-9-11-21-12-10-18)6-5-14-3-1-2-4-15(14)13-17/h1-4H,5-13H2,(H,19,20). The van der Waals surface area contributed by atoms with Gasteiger partial charge in [0.1, 0.15) is 0 Å². The summed E-state index contributed by atoms with van der Waals surface area (Å²) in [4.78, 5) is 14.2. The van der Waals surface area contributed by atoms with Gasteiger partial charge in [-0.15, -0.1) is 0 Å². The second-order valence-electron chi connectivity index (χ2n) is 6.23. The highest BCUT2D eigenvalue weighted by molar-refractivity contribution is 5.75. The molecular formula is C17H23NO3. The molecule has 0 aromatic heterocycles. The highest BCUT2D eigenvalue weighted by Gasteiger charge is 2.41. The number of rotatable bonds is 4. The lowest BCUT2D eigenvalue weighted by Gasteiger charge is -2.37. The van der Waals surface area contributed by atoms with E-state index in [1.807, 2.05) is 12.1 Å². The van der Waals surface area contributed by atoms with Crippen molar-refractivity contribution >= 4 is 5.97 Å². The Morgan fingerprint density at radius 1 is 1.24 bits per heavy atom. The summed E-state index contributed by atoms with van der Waals surface area (Å²) in [5.41, 5.74) is 1.95. The van der Waals surface area contributed by atoms with Crippen LogP contribution in [0.1, 0.15) is 24.0 Å². The van der Waals surface area contributed by atoms with E-state index in [9.17, 15) is 9.90 Å². The Morgan fingerprint density at radius 2 is 1.95 bits per heavy atom. The summed E-state index contributed by atoms with van der Waals surface area (Å²) in [6.45, 7) is 4.24. The minimum Gasteiger partial charge on any atom is -0.481 e. The van der Waals surface area contributed by atoms with Gasteiger partial charge in [-0.2, -0.15) is 0 Å².